The number of hydrazone groups is 1. The third-order valence-electron chi connectivity index (χ3n) is 1.28. The summed E-state index contributed by atoms with van der Waals surface area (Å²) in [5, 5.41) is 3.74. The molecule has 13 heavy (non-hydrogen) atoms. The van der Waals surface area contributed by atoms with E-state index in [9.17, 15) is 4.79 Å². The van der Waals surface area contributed by atoms with E-state index < -0.39 is 0 Å². The third-order valence-corrected chi connectivity index (χ3v) is 1.28. The standard InChI is InChI=1S/C9H12N2O2/c1-7(2)6-10-11-9(12)8-4-3-5-13-8/h3-7H,1-2H3,(H,11,12)/b10-6-. The van der Waals surface area contributed by atoms with Crippen LogP contribution in [0, 0.1) is 5.92 Å². The van der Waals surface area contributed by atoms with Crippen LogP contribution in [-0.4, -0.2) is 12.1 Å². The highest BCUT2D eigenvalue weighted by atomic mass is 16.3. The molecule has 0 saturated carbocycles. The Morgan fingerprint density at radius 1 is 1.69 bits per heavy atom. The molecule has 0 aliphatic carbocycles. The molecular formula is C9H12N2O2. The first-order chi connectivity index (χ1) is 6.20. The summed E-state index contributed by atoms with van der Waals surface area (Å²) in [6, 6.07) is 3.24. The van der Waals surface area contributed by atoms with Gasteiger partial charge in [-0.15, -0.1) is 0 Å². The lowest BCUT2D eigenvalue weighted by Gasteiger charge is -1.95. The van der Waals surface area contributed by atoms with Crippen molar-refractivity contribution in [2.45, 2.75) is 13.8 Å². The number of amides is 1. The topological polar surface area (TPSA) is 54.6 Å². The zero-order valence-electron chi connectivity index (χ0n) is 7.65. The van der Waals surface area contributed by atoms with Crippen molar-refractivity contribution < 1.29 is 9.21 Å². The van der Waals surface area contributed by atoms with Crippen LogP contribution in [0.4, 0.5) is 0 Å². The second-order valence-corrected chi connectivity index (χ2v) is 2.94. The number of carbonyl (C=O) groups excluding carboxylic acids is 1. The average Bonchev–Trinajstić information content (AvgIpc) is 2.55. The molecular weight excluding hydrogens is 168 g/mol. The van der Waals surface area contributed by atoms with Crippen LogP contribution in [0.1, 0.15) is 24.4 Å². The SMILES string of the molecule is CC(C)/C=N\NC(=O)c1ccco1. The van der Waals surface area contributed by atoms with Gasteiger partial charge in [-0.3, -0.25) is 4.79 Å². The summed E-state index contributed by atoms with van der Waals surface area (Å²) in [5.41, 5.74) is 2.35. The van der Waals surface area contributed by atoms with Gasteiger partial charge in [0.25, 0.3) is 0 Å². The van der Waals surface area contributed by atoms with Crippen LogP contribution in [0.25, 0.3) is 0 Å². The molecule has 0 spiro atoms. The van der Waals surface area contributed by atoms with E-state index in [0.717, 1.165) is 0 Å². The summed E-state index contributed by atoms with van der Waals surface area (Å²) in [4.78, 5) is 11.2. The summed E-state index contributed by atoms with van der Waals surface area (Å²) in [7, 11) is 0. The fourth-order valence-electron chi connectivity index (χ4n) is 0.708. The Hall–Kier alpha value is -1.58. The molecule has 0 bridgehead atoms. The smallest absolute Gasteiger partial charge is 0.307 e. The van der Waals surface area contributed by atoms with E-state index >= 15 is 0 Å². The minimum Gasteiger partial charge on any atom is -0.459 e. The van der Waals surface area contributed by atoms with Crippen LogP contribution in [-0.2, 0) is 0 Å². The first-order valence-corrected chi connectivity index (χ1v) is 4.07. The van der Waals surface area contributed by atoms with E-state index in [2.05, 4.69) is 10.5 Å². The van der Waals surface area contributed by atoms with Crippen LogP contribution >= 0.6 is 0 Å². The molecule has 0 aromatic carbocycles. The number of rotatable bonds is 3. The first-order valence-electron chi connectivity index (χ1n) is 4.07. The van der Waals surface area contributed by atoms with Gasteiger partial charge in [0.05, 0.1) is 6.26 Å². The largest absolute Gasteiger partial charge is 0.459 e. The van der Waals surface area contributed by atoms with Crippen LogP contribution < -0.4 is 5.43 Å². The maximum absolute atomic E-state index is 11.2. The molecule has 1 heterocycles. The molecule has 1 rings (SSSR count). The zero-order chi connectivity index (χ0) is 9.68. The molecule has 0 fully saturated rings. The number of carbonyl (C=O) groups is 1. The van der Waals surface area contributed by atoms with Gasteiger partial charge in [-0.1, -0.05) is 13.8 Å². The fourth-order valence-corrected chi connectivity index (χ4v) is 0.708. The van der Waals surface area contributed by atoms with Gasteiger partial charge in [0.15, 0.2) is 5.76 Å². The second-order valence-electron chi connectivity index (χ2n) is 2.94. The van der Waals surface area contributed by atoms with Gasteiger partial charge >= 0.3 is 5.91 Å². The van der Waals surface area contributed by atoms with E-state index in [0.29, 0.717) is 5.92 Å². The predicted molar refractivity (Wildman–Crippen MR) is 49.5 cm³/mol. The molecule has 1 aromatic heterocycles. The number of hydrogen-bond acceptors (Lipinski definition) is 3. The minimum absolute atomic E-state index is 0.265. The van der Waals surface area contributed by atoms with Crippen molar-refractivity contribution in [3.8, 4) is 0 Å². The highest BCUT2D eigenvalue weighted by molar-refractivity contribution is 5.91. The summed E-state index contributed by atoms with van der Waals surface area (Å²) < 4.78 is 4.87. The van der Waals surface area contributed by atoms with Crippen LogP contribution in [0.3, 0.4) is 0 Å². The Bertz CT molecular complexity index is 289. The van der Waals surface area contributed by atoms with E-state index in [1.807, 2.05) is 13.8 Å². The van der Waals surface area contributed by atoms with Crippen molar-refractivity contribution >= 4 is 12.1 Å². The number of nitrogens with one attached hydrogen (secondary N) is 1. The lowest BCUT2D eigenvalue weighted by molar-refractivity contribution is 0.0927. The summed E-state index contributed by atoms with van der Waals surface area (Å²) in [5.74, 6) is 0.250. The van der Waals surface area contributed by atoms with Crippen molar-refractivity contribution in [2.24, 2.45) is 11.0 Å². The molecule has 0 unspecified atom stereocenters. The van der Waals surface area contributed by atoms with Gasteiger partial charge in [0.2, 0.25) is 0 Å². The highest BCUT2D eigenvalue weighted by Crippen LogP contribution is 1.98. The average molecular weight is 180 g/mol. The Labute approximate surface area is 76.6 Å². The fraction of sp³-hybridized carbons (Fsp3) is 0.333. The van der Waals surface area contributed by atoms with Gasteiger partial charge in [0, 0.05) is 6.21 Å². The van der Waals surface area contributed by atoms with Crippen molar-refractivity contribution in [1.29, 1.82) is 0 Å². The molecule has 4 heteroatoms. The quantitative estimate of drug-likeness (QED) is 0.568. The highest BCUT2D eigenvalue weighted by Gasteiger charge is 2.05. The van der Waals surface area contributed by atoms with Gasteiger partial charge in [-0.05, 0) is 18.1 Å². The molecule has 0 atom stereocenters. The third kappa shape index (κ3) is 3.11. The molecule has 0 aliphatic rings. The van der Waals surface area contributed by atoms with E-state index in [4.69, 9.17) is 4.42 Å². The molecule has 1 amide bonds. The lowest BCUT2D eigenvalue weighted by Crippen LogP contribution is -2.17. The van der Waals surface area contributed by atoms with Gasteiger partial charge < -0.3 is 4.42 Å². The van der Waals surface area contributed by atoms with Crippen LogP contribution in [0.2, 0.25) is 0 Å². The van der Waals surface area contributed by atoms with Crippen molar-refractivity contribution in [3.05, 3.63) is 24.2 Å². The molecule has 1 N–H and O–H groups in total. The minimum atomic E-state index is -0.332. The maximum Gasteiger partial charge on any atom is 0.307 e. The Kier molecular flexibility index (Phi) is 3.25. The van der Waals surface area contributed by atoms with Crippen molar-refractivity contribution in [2.75, 3.05) is 0 Å². The Morgan fingerprint density at radius 2 is 2.46 bits per heavy atom. The Balaban J connectivity index is 2.43. The molecule has 4 nitrogen and oxygen atoms in total. The van der Waals surface area contributed by atoms with Gasteiger partial charge in [-0.2, -0.15) is 5.10 Å². The zero-order valence-corrected chi connectivity index (χ0v) is 7.65. The first kappa shape index (κ1) is 9.51. The van der Waals surface area contributed by atoms with Crippen LogP contribution in [0.5, 0.6) is 0 Å². The monoisotopic (exact) mass is 180 g/mol. The second kappa shape index (κ2) is 4.45. The molecule has 0 radical (unpaired) electrons. The lowest BCUT2D eigenvalue weighted by atomic mass is 10.3. The molecule has 0 saturated heterocycles. The molecule has 0 aliphatic heterocycles. The van der Waals surface area contributed by atoms with Crippen molar-refractivity contribution in [3.63, 3.8) is 0 Å². The van der Waals surface area contributed by atoms with Gasteiger partial charge in [0.1, 0.15) is 0 Å². The van der Waals surface area contributed by atoms with Crippen molar-refractivity contribution in [1.82, 2.24) is 5.43 Å². The summed E-state index contributed by atoms with van der Waals surface area (Å²) in [6.07, 6.45) is 3.10. The van der Waals surface area contributed by atoms with E-state index in [1.165, 1.54) is 6.26 Å². The van der Waals surface area contributed by atoms with E-state index in [1.54, 1.807) is 18.3 Å². The maximum atomic E-state index is 11.2. The molecule has 70 valence electrons. The number of furan rings is 1. The summed E-state index contributed by atoms with van der Waals surface area (Å²) >= 11 is 0. The Morgan fingerprint density at radius 3 is 3.00 bits per heavy atom. The number of hydrogen-bond donors (Lipinski definition) is 1. The predicted octanol–water partition coefficient (Wildman–Crippen LogP) is 1.65. The molecule has 1 aromatic rings. The number of nitrogens with zero attached hydrogens (tertiary/aromatic N) is 1. The van der Waals surface area contributed by atoms with Crippen LogP contribution in [0.15, 0.2) is 27.9 Å². The van der Waals surface area contributed by atoms with Gasteiger partial charge in [-0.25, -0.2) is 5.43 Å². The normalized spacial score (nSPS) is 11.0. The van der Waals surface area contributed by atoms with E-state index in [-0.39, 0.29) is 11.7 Å². The summed E-state index contributed by atoms with van der Waals surface area (Å²) in [6.45, 7) is 3.95.